The van der Waals surface area contributed by atoms with Gasteiger partial charge in [0.05, 0.1) is 10.0 Å². The minimum absolute atomic E-state index is 0.0414. The van der Waals surface area contributed by atoms with Gasteiger partial charge in [-0.05, 0) is 40.5 Å². The molecule has 0 aromatic heterocycles. The van der Waals surface area contributed by atoms with Gasteiger partial charge in [-0.3, -0.25) is 4.79 Å². The van der Waals surface area contributed by atoms with Gasteiger partial charge < -0.3 is 5.73 Å². The SMILES string of the molecule is CCC(CN)CC(=O)c1c(F)ccc(Br)c1F. The van der Waals surface area contributed by atoms with Crippen molar-refractivity contribution < 1.29 is 13.6 Å². The van der Waals surface area contributed by atoms with Crippen molar-refractivity contribution in [2.45, 2.75) is 19.8 Å². The highest BCUT2D eigenvalue weighted by molar-refractivity contribution is 9.10. The molecule has 5 heteroatoms. The first-order chi connectivity index (χ1) is 8.01. The summed E-state index contributed by atoms with van der Waals surface area (Å²) >= 11 is 2.93. The third-order valence-corrected chi connectivity index (χ3v) is 3.32. The molecule has 1 aromatic carbocycles. The number of carbonyl (C=O) groups is 1. The van der Waals surface area contributed by atoms with Crippen LogP contribution in [0.2, 0.25) is 0 Å². The van der Waals surface area contributed by atoms with Crippen LogP contribution >= 0.6 is 15.9 Å². The van der Waals surface area contributed by atoms with Crippen LogP contribution in [0.1, 0.15) is 30.1 Å². The molecule has 0 bridgehead atoms. The van der Waals surface area contributed by atoms with E-state index in [9.17, 15) is 13.6 Å². The number of ketones is 1. The van der Waals surface area contributed by atoms with E-state index in [0.717, 1.165) is 6.07 Å². The van der Waals surface area contributed by atoms with Crippen molar-refractivity contribution in [2.75, 3.05) is 6.54 Å². The van der Waals surface area contributed by atoms with E-state index in [-0.39, 0.29) is 16.8 Å². The normalized spacial score (nSPS) is 12.5. The zero-order chi connectivity index (χ0) is 13.0. The van der Waals surface area contributed by atoms with E-state index in [0.29, 0.717) is 13.0 Å². The summed E-state index contributed by atoms with van der Waals surface area (Å²) in [6, 6.07) is 2.31. The summed E-state index contributed by atoms with van der Waals surface area (Å²) in [5, 5.41) is 0. The van der Waals surface area contributed by atoms with Gasteiger partial charge in [-0.25, -0.2) is 8.78 Å². The number of hydrogen-bond acceptors (Lipinski definition) is 2. The predicted octanol–water partition coefficient (Wildman–Crippen LogP) is 3.29. The van der Waals surface area contributed by atoms with Gasteiger partial charge in [-0.1, -0.05) is 13.3 Å². The minimum atomic E-state index is -0.845. The lowest BCUT2D eigenvalue weighted by molar-refractivity contribution is 0.0953. The fraction of sp³-hybridized carbons (Fsp3) is 0.417. The lowest BCUT2D eigenvalue weighted by Crippen LogP contribution is -2.19. The van der Waals surface area contributed by atoms with Crippen LogP contribution in [-0.4, -0.2) is 12.3 Å². The Labute approximate surface area is 107 Å². The summed E-state index contributed by atoms with van der Waals surface area (Å²) in [7, 11) is 0. The molecule has 0 amide bonds. The van der Waals surface area contributed by atoms with E-state index in [1.165, 1.54) is 6.07 Å². The number of halogens is 3. The van der Waals surface area contributed by atoms with E-state index in [1.807, 2.05) is 6.92 Å². The maximum absolute atomic E-state index is 13.6. The van der Waals surface area contributed by atoms with E-state index < -0.39 is 23.0 Å². The Morgan fingerprint density at radius 2 is 2.12 bits per heavy atom. The van der Waals surface area contributed by atoms with Crippen molar-refractivity contribution in [3.05, 3.63) is 33.8 Å². The second-order valence-electron chi connectivity index (χ2n) is 3.86. The molecular formula is C12H14BrF2NO. The lowest BCUT2D eigenvalue weighted by atomic mass is 9.96. The van der Waals surface area contributed by atoms with Gasteiger partial charge in [0.15, 0.2) is 11.6 Å². The molecule has 17 heavy (non-hydrogen) atoms. The molecule has 1 rings (SSSR count). The summed E-state index contributed by atoms with van der Waals surface area (Å²) in [5.74, 6) is -2.26. The summed E-state index contributed by atoms with van der Waals surface area (Å²) < 4.78 is 27.1. The molecule has 0 radical (unpaired) electrons. The van der Waals surface area contributed by atoms with Crippen LogP contribution in [0.3, 0.4) is 0 Å². The predicted molar refractivity (Wildman–Crippen MR) is 65.8 cm³/mol. The molecule has 0 aliphatic heterocycles. The number of benzene rings is 1. The van der Waals surface area contributed by atoms with Gasteiger partial charge in [-0.15, -0.1) is 0 Å². The standard InChI is InChI=1S/C12H14BrF2NO/c1-2-7(6-16)5-10(17)11-9(14)4-3-8(13)12(11)15/h3-4,7H,2,5-6,16H2,1H3. The monoisotopic (exact) mass is 305 g/mol. The minimum Gasteiger partial charge on any atom is -0.330 e. The van der Waals surface area contributed by atoms with Crippen LogP contribution in [-0.2, 0) is 0 Å². The second kappa shape index (κ2) is 6.21. The first kappa shape index (κ1) is 14.3. The Morgan fingerprint density at radius 1 is 1.47 bits per heavy atom. The highest BCUT2D eigenvalue weighted by Crippen LogP contribution is 2.24. The van der Waals surface area contributed by atoms with E-state index >= 15 is 0 Å². The first-order valence-corrected chi connectivity index (χ1v) is 6.17. The van der Waals surface area contributed by atoms with Gasteiger partial charge in [0.25, 0.3) is 0 Å². The number of Topliss-reactive ketones (excluding diaryl/α,β-unsaturated/α-hetero) is 1. The van der Waals surface area contributed by atoms with Gasteiger partial charge in [0.1, 0.15) is 5.82 Å². The van der Waals surface area contributed by atoms with E-state index in [4.69, 9.17) is 5.73 Å². The maximum atomic E-state index is 13.6. The van der Waals surface area contributed by atoms with Crippen LogP contribution in [0.25, 0.3) is 0 Å². The molecule has 1 unspecified atom stereocenters. The molecule has 1 aromatic rings. The van der Waals surface area contributed by atoms with Crippen molar-refractivity contribution in [1.82, 2.24) is 0 Å². The van der Waals surface area contributed by atoms with Gasteiger partial charge in [0.2, 0.25) is 0 Å². The Balaban J connectivity index is 3.00. The van der Waals surface area contributed by atoms with E-state index in [1.54, 1.807) is 0 Å². The molecule has 0 aliphatic rings. The summed E-state index contributed by atoms with van der Waals surface area (Å²) in [6.07, 6.45) is 0.775. The number of carbonyl (C=O) groups excluding carboxylic acids is 1. The molecule has 0 saturated carbocycles. The molecule has 2 nitrogen and oxygen atoms in total. The Hall–Kier alpha value is -0.810. The second-order valence-corrected chi connectivity index (χ2v) is 4.71. The number of rotatable bonds is 5. The third-order valence-electron chi connectivity index (χ3n) is 2.71. The molecule has 0 heterocycles. The van der Waals surface area contributed by atoms with Crippen LogP contribution in [0.5, 0.6) is 0 Å². The average Bonchev–Trinajstić information content (AvgIpc) is 2.31. The van der Waals surface area contributed by atoms with Crippen LogP contribution in [0, 0.1) is 17.6 Å². The molecule has 0 saturated heterocycles. The number of hydrogen-bond donors (Lipinski definition) is 1. The molecular weight excluding hydrogens is 292 g/mol. The lowest BCUT2D eigenvalue weighted by Gasteiger charge is -2.12. The molecule has 0 fully saturated rings. The van der Waals surface area contributed by atoms with Gasteiger partial charge in [0, 0.05) is 6.42 Å². The van der Waals surface area contributed by atoms with Crippen LogP contribution in [0.15, 0.2) is 16.6 Å². The highest BCUT2D eigenvalue weighted by Gasteiger charge is 2.21. The van der Waals surface area contributed by atoms with Gasteiger partial charge in [-0.2, -0.15) is 0 Å². The molecule has 0 spiro atoms. The summed E-state index contributed by atoms with van der Waals surface area (Å²) in [5.41, 5.74) is 4.99. The third kappa shape index (κ3) is 3.33. The van der Waals surface area contributed by atoms with Crippen molar-refractivity contribution >= 4 is 21.7 Å². The quantitative estimate of drug-likeness (QED) is 0.670. The van der Waals surface area contributed by atoms with Crippen molar-refractivity contribution in [3.8, 4) is 0 Å². The summed E-state index contributed by atoms with van der Waals surface area (Å²) in [4.78, 5) is 11.8. The maximum Gasteiger partial charge on any atom is 0.169 e. The zero-order valence-corrected chi connectivity index (χ0v) is 11.1. The number of nitrogens with two attached hydrogens (primary N) is 1. The Kier molecular flexibility index (Phi) is 5.21. The first-order valence-electron chi connectivity index (χ1n) is 5.38. The Morgan fingerprint density at radius 3 is 2.65 bits per heavy atom. The van der Waals surface area contributed by atoms with Crippen LogP contribution < -0.4 is 5.73 Å². The summed E-state index contributed by atoms with van der Waals surface area (Å²) in [6.45, 7) is 2.22. The highest BCUT2D eigenvalue weighted by atomic mass is 79.9. The fourth-order valence-electron chi connectivity index (χ4n) is 1.54. The van der Waals surface area contributed by atoms with Crippen molar-refractivity contribution in [1.29, 1.82) is 0 Å². The topological polar surface area (TPSA) is 43.1 Å². The fourth-order valence-corrected chi connectivity index (χ4v) is 1.87. The molecule has 94 valence electrons. The van der Waals surface area contributed by atoms with E-state index in [2.05, 4.69) is 15.9 Å². The zero-order valence-electron chi connectivity index (χ0n) is 9.47. The average molecular weight is 306 g/mol. The molecule has 2 N–H and O–H groups in total. The van der Waals surface area contributed by atoms with Gasteiger partial charge >= 0.3 is 0 Å². The largest absolute Gasteiger partial charge is 0.330 e. The molecule has 1 atom stereocenters. The molecule has 0 aliphatic carbocycles. The van der Waals surface area contributed by atoms with Crippen molar-refractivity contribution in [3.63, 3.8) is 0 Å². The van der Waals surface area contributed by atoms with Crippen LogP contribution in [0.4, 0.5) is 8.78 Å². The smallest absolute Gasteiger partial charge is 0.169 e. The Bertz CT molecular complexity index is 419. The van der Waals surface area contributed by atoms with Crippen molar-refractivity contribution in [2.24, 2.45) is 11.7 Å².